The van der Waals surface area contributed by atoms with Gasteiger partial charge in [0.2, 0.25) is 17.8 Å². The second-order valence-corrected chi connectivity index (χ2v) is 19.2. The standard InChI is InChI=1S/C43H84N8O2/c1-10-11-12-13-14-15-16-17-18-19-20-21-22-23-24-25-26-44-37-45-38(50(27-29-52)35-31-40(2,3)48-41(4,5)32-35)47-39(46-37)51(28-30-53)36-33-42(6,7)49-43(8,9)34-36/h35-36,48-49,52-53H,10-34H2,1-9H3,(H,44,45,46,47). The number of hydrogen-bond acceptors (Lipinski definition) is 10. The number of hydrogen-bond donors (Lipinski definition) is 5. The lowest BCUT2D eigenvalue weighted by molar-refractivity contribution is 0.154. The highest BCUT2D eigenvalue weighted by Crippen LogP contribution is 2.36. The van der Waals surface area contributed by atoms with Crippen LogP contribution >= 0.6 is 0 Å². The van der Waals surface area contributed by atoms with Crippen LogP contribution in [0.5, 0.6) is 0 Å². The Kier molecular flexibility index (Phi) is 19.0. The third-order valence-electron chi connectivity index (χ3n) is 11.3. The van der Waals surface area contributed by atoms with Crippen LogP contribution < -0.4 is 25.8 Å². The molecule has 0 unspecified atom stereocenters. The summed E-state index contributed by atoms with van der Waals surface area (Å²) in [6.45, 7) is 22.1. The van der Waals surface area contributed by atoms with Crippen LogP contribution in [0.2, 0.25) is 0 Å². The van der Waals surface area contributed by atoms with Crippen LogP contribution in [-0.4, -0.2) is 92.3 Å². The van der Waals surface area contributed by atoms with Crippen molar-refractivity contribution in [3.05, 3.63) is 0 Å². The van der Waals surface area contributed by atoms with Crippen molar-refractivity contribution in [3.8, 4) is 0 Å². The molecule has 0 radical (unpaired) electrons. The summed E-state index contributed by atoms with van der Waals surface area (Å²) in [5.74, 6) is 1.79. The van der Waals surface area contributed by atoms with Crippen LogP contribution in [0.3, 0.4) is 0 Å². The molecule has 0 bridgehead atoms. The minimum Gasteiger partial charge on any atom is -0.395 e. The molecule has 10 nitrogen and oxygen atoms in total. The maximum absolute atomic E-state index is 10.3. The van der Waals surface area contributed by atoms with Crippen LogP contribution in [0.25, 0.3) is 0 Å². The van der Waals surface area contributed by atoms with Crippen molar-refractivity contribution in [2.45, 2.75) is 225 Å². The first kappa shape index (κ1) is 45.6. The van der Waals surface area contributed by atoms with E-state index in [2.05, 4.69) is 88.1 Å². The van der Waals surface area contributed by atoms with Gasteiger partial charge < -0.3 is 36.0 Å². The van der Waals surface area contributed by atoms with Crippen molar-refractivity contribution in [2.75, 3.05) is 48.0 Å². The highest BCUT2D eigenvalue weighted by molar-refractivity contribution is 5.47. The number of piperidine rings is 2. The third-order valence-corrected chi connectivity index (χ3v) is 11.3. The molecule has 5 N–H and O–H groups in total. The lowest BCUT2D eigenvalue weighted by atomic mass is 9.79. The Balaban J connectivity index is 1.64. The molecule has 0 spiro atoms. The summed E-state index contributed by atoms with van der Waals surface area (Å²) < 4.78 is 0. The molecule has 3 rings (SSSR count). The van der Waals surface area contributed by atoms with Gasteiger partial charge in [0, 0.05) is 53.9 Å². The van der Waals surface area contributed by atoms with Gasteiger partial charge in [0.1, 0.15) is 0 Å². The zero-order valence-electron chi connectivity index (χ0n) is 36.0. The minimum atomic E-state index is -0.0700. The van der Waals surface area contributed by atoms with E-state index in [0.29, 0.717) is 30.9 Å². The third kappa shape index (κ3) is 16.9. The number of rotatable bonds is 26. The van der Waals surface area contributed by atoms with E-state index in [9.17, 15) is 10.2 Å². The van der Waals surface area contributed by atoms with Gasteiger partial charge in [0.25, 0.3) is 0 Å². The Morgan fingerprint density at radius 2 is 0.849 bits per heavy atom. The van der Waals surface area contributed by atoms with Gasteiger partial charge in [0.15, 0.2) is 0 Å². The molecular weight excluding hydrogens is 661 g/mol. The van der Waals surface area contributed by atoms with Crippen LogP contribution in [0.4, 0.5) is 17.8 Å². The molecule has 0 amide bonds. The van der Waals surface area contributed by atoms with Gasteiger partial charge in [-0.2, -0.15) is 15.0 Å². The van der Waals surface area contributed by atoms with Crippen molar-refractivity contribution >= 4 is 17.8 Å². The van der Waals surface area contributed by atoms with E-state index in [4.69, 9.17) is 15.0 Å². The molecule has 2 saturated heterocycles. The fourth-order valence-electron chi connectivity index (χ4n) is 9.65. The summed E-state index contributed by atoms with van der Waals surface area (Å²) in [7, 11) is 0. The summed E-state index contributed by atoms with van der Waals surface area (Å²) in [5, 5.41) is 31.8. The number of aliphatic hydroxyl groups excluding tert-OH is 2. The highest BCUT2D eigenvalue weighted by atomic mass is 16.3. The van der Waals surface area contributed by atoms with E-state index in [0.717, 1.165) is 38.6 Å². The van der Waals surface area contributed by atoms with Gasteiger partial charge in [-0.15, -0.1) is 0 Å². The Labute approximate surface area is 325 Å². The number of nitrogens with one attached hydrogen (secondary N) is 3. The predicted octanol–water partition coefficient (Wildman–Crippen LogP) is 8.76. The van der Waals surface area contributed by atoms with Crippen LogP contribution in [-0.2, 0) is 0 Å². The Hall–Kier alpha value is -1.75. The lowest BCUT2D eigenvalue weighted by Gasteiger charge is -2.50. The summed E-state index contributed by atoms with van der Waals surface area (Å²) in [4.78, 5) is 19.7. The van der Waals surface area contributed by atoms with Crippen molar-refractivity contribution in [3.63, 3.8) is 0 Å². The maximum Gasteiger partial charge on any atom is 0.232 e. The Morgan fingerprint density at radius 1 is 0.528 bits per heavy atom. The number of aromatic nitrogens is 3. The Bertz CT molecular complexity index is 1060. The smallest absolute Gasteiger partial charge is 0.232 e. The first-order valence-electron chi connectivity index (χ1n) is 21.9. The minimum absolute atomic E-state index is 0.0186. The zero-order valence-corrected chi connectivity index (χ0v) is 36.0. The van der Waals surface area contributed by atoms with Crippen LogP contribution in [0, 0.1) is 0 Å². The van der Waals surface area contributed by atoms with E-state index < -0.39 is 0 Å². The molecule has 10 heteroatoms. The molecule has 1 aromatic rings. The quantitative estimate of drug-likeness (QED) is 0.0589. The summed E-state index contributed by atoms with van der Waals surface area (Å²) in [6.07, 6.45) is 25.3. The van der Waals surface area contributed by atoms with E-state index >= 15 is 0 Å². The summed E-state index contributed by atoms with van der Waals surface area (Å²) in [5.41, 5.74) is -0.280. The molecule has 0 saturated carbocycles. The first-order valence-corrected chi connectivity index (χ1v) is 21.9. The summed E-state index contributed by atoms with van der Waals surface area (Å²) >= 11 is 0. The van der Waals surface area contributed by atoms with E-state index in [-0.39, 0.29) is 47.5 Å². The molecule has 1 aromatic heterocycles. The van der Waals surface area contributed by atoms with Crippen LogP contribution in [0.1, 0.15) is 191 Å². The zero-order chi connectivity index (χ0) is 39.0. The van der Waals surface area contributed by atoms with Gasteiger partial charge in [-0.1, -0.05) is 103 Å². The van der Waals surface area contributed by atoms with Gasteiger partial charge in [0.05, 0.1) is 13.2 Å². The van der Waals surface area contributed by atoms with Gasteiger partial charge in [-0.05, 0) is 87.5 Å². The number of aliphatic hydroxyl groups is 2. The largest absolute Gasteiger partial charge is 0.395 e. The molecule has 3 heterocycles. The van der Waals surface area contributed by atoms with Crippen molar-refractivity contribution in [2.24, 2.45) is 0 Å². The molecule has 2 aliphatic rings. The first-order chi connectivity index (χ1) is 25.1. The molecule has 0 aromatic carbocycles. The molecule has 0 atom stereocenters. The van der Waals surface area contributed by atoms with Crippen molar-refractivity contribution in [1.29, 1.82) is 0 Å². The van der Waals surface area contributed by atoms with E-state index in [1.807, 2.05) is 0 Å². The monoisotopic (exact) mass is 745 g/mol. The molecule has 0 aliphatic carbocycles. The lowest BCUT2D eigenvalue weighted by Crippen LogP contribution is -2.63. The molecule has 2 fully saturated rings. The van der Waals surface area contributed by atoms with Crippen molar-refractivity contribution in [1.82, 2.24) is 25.6 Å². The fraction of sp³-hybridized carbons (Fsp3) is 0.930. The number of anilines is 3. The van der Waals surface area contributed by atoms with E-state index in [1.165, 1.54) is 96.3 Å². The number of nitrogens with zero attached hydrogens (tertiary/aromatic N) is 5. The molecule has 53 heavy (non-hydrogen) atoms. The van der Waals surface area contributed by atoms with Gasteiger partial charge >= 0.3 is 0 Å². The average Bonchev–Trinajstić information content (AvgIpc) is 3.04. The van der Waals surface area contributed by atoms with Crippen molar-refractivity contribution < 1.29 is 10.2 Å². The second kappa shape index (κ2) is 22.1. The summed E-state index contributed by atoms with van der Waals surface area (Å²) in [6, 6.07) is 0.305. The average molecular weight is 745 g/mol. The van der Waals surface area contributed by atoms with Gasteiger partial charge in [-0.25, -0.2) is 0 Å². The van der Waals surface area contributed by atoms with Crippen LogP contribution in [0.15, 0.2) is 0 Å². The molecular formula is C43H84N8O2. The SMILES string of the molecule is CCCCCCCCCCCCCCCCCCNc1nc(N(CCO)C2CC(C)(C)NC(C)(C)C2)nc(N(CCO)C2CC(C)(C)NC(C)(C)C2)n1. The second-order valence-electron chi connectivity index (χ2n) is 19.2. The number of unbranched alkanes of at least 4 members (excludes halogenated alkanes) is 15. The normalized spacial score (nSPS) is 19.7. The maximum atomic E-state index is 10.3. The fourth-order valence-corrected chi connectivity index (χ4v) is 9.65. The van der Waals surface area contributed by atoms with Gasteiger partial charge in [-0.3, -0.25) is 0 Å². The molecule has 2 aliphatic heterocycles. The van der Waals surface area contributed by atoms with E-state index in [1.54, 1.807) is 0 Å². The predicted molar refractivity (Wildman–Crippen MR) is 225 cm³/mol. The Morgan fingerprint density at radius 3 is 1.17 bits per heavy atom. The molecule has 308 valence electrons. The highest BCUT2D eigenvalue weighted by Gasteiger charge is 2.42. The topological polar surface area (TPSA) is 122 Å².